The Morgan fingerprint density at radius 2 is 1.62 bits per heavy atom. The normalized spacial score (nSPS) is 14.4. The van der Waals surface area contributed by atoms with E-state index in [0.717, 1.165) is 11.1 Å². The highest BCUT2D eigenvalue weighted by molar-refractivity contribution is 6.31. The second-order valence-electron chi connectivity index (χ2n) is 6.21. The predicted molar refractivity (Wildman–Crippen MR) is 110 cm³/mol. The van der Waals surface area contributed by atoms with Gasteiger partial charge < -0.3 is 9.57 Å². The van der Waals surface area contributed by atoms with E-state index in [9.17, 15) is 9.59 Å². The molecule has 3 aromatic rings. The van der Waals surface area contributed by atoms with Crippen LogP contribution in [0.1, 0.15) is 21.5 Å². The Kier molecular flexibility index (Phi) is 5.22. The van der Waals surface area contributed by atoms with Gasteiger partial charge in [0.05, 0.1) is 11.1 Å². The van der Waals surface area contributed by atoms with Gasteiger partial charge in [-0.05, 0) is 48.0 Å². The summed E-state index contributed by atoms with van der Waals surface area (Å²) in [5.74, 6) is -0.606. The van der Waals surface area contributed by atoms with Crippen LogP contribution in [0, 0.1) is 0 Å². The van der Waals surface area contributed by atoms with Crippen molar-refractivity contribution in [2.24, 2.45) is 5.16 Å². The third-order valence-corrected chi connectivity index (χ3v) is 4.48. The van der Waals surface area contributed by atoms with Gasteiger partial charge in [-0.25, -0.2) is 9.59 Å². The van der Waals surface area contributed by atoms with E-state index >= 15 is 0 Å². The number of hydrogen-bond donors (Lipinski definition) is 0. The summed E-state index contributed by atoms with van der Waals surface area (Å²) >= 11 is 5.82. The molecule has 0 unspecified atom stereocenters. The van der Waals surface area contributed by atoms with E-state index in [2.05, 4.69) is 5.16 Å². The second-order valence-corrected chi connectivity index (χ2v) is 6.64. The van der Waals surface area contributed by atoms with E-state index in [-0.39, 0.29) is 0 Å². The molecule has 0 aliphatic carbocycles. The summed E-state index contributed by atoms with van der Waals surface area (Å²) < 4.78 is 5.36. The van der Waals surface area contributed by atoms with Gasteiger partial charge in [0.1, 0.15) is 11.5 Å². The lowest BCUT2D eigenvalue weighted by atomic mass is 10.0. The summed E-state index contributed by atoms with van der Waals surface area (Å²) in [6, 6.07) is 22.6. The molecule has 1 heterocycles. The van der Waals surface area contributed by atoms with Crippen molar-refractivity contribution in [3.8, 4) is 5.75 Å². The van der Waals surface area contributed by atoms with Crippen molar-refractivity contribution >= 4 is 35.3 Å². The number of benzene rings is 3. The Bertz CT molecular complexity index is 1120. The molecule has 0 atom stereocenters. The molecule has 0 fully saturated rings. The molecule has 1 aliphatic heterocycles. The van der Waals surface area contributed by atoms with Gasteiger partial charge >= 0.3 is 11.9 Å². The summed E-state index contributed by atoms with van der Waals surface area (Å²) in [7, 11) is 0. The molecule has 3 aromatic carbocycles. The molecule has 29 heavy (non-hydrogen) atoms. The van der Waals surface area contributed by atoms with E-state index in [0.29, 0.717) is 27.6 Å². The van der Waals surface area contributed by atoms with Crippen molar-refractivity contribution in [1.29, 1.82) is 0 Å². The maximum absolute atomic E-state index is 12.2. The lowest BCUT2D eigenvalue weighted by Gasteiger charge is -2.05. The summed E-state index contributed by atoms with van der Waals surface area (Å²) in [6.45, 7) is 0. The number of rotatable bonds is 4. The van der Waals surface area contributed by atoms with Crippen LogP contribution in [0.5, 0.6) is 5.75 Å². The molecule has 0 saturated heterocycles. The molecule has 142 valence electrons. The highest BCUT2D eigenvalue weighted by Crippen LogP contribution is 2.22. The maximum atomic E-state index is 12.2. The number of esters is 1. The number of carbonyl (C=O) groups is 2. The van der Waals surface area contributed by atoms with Crippen LogP contribution in [0.15, 0.2) is 89.6 Å². The van der Waals surface area contributed by atoms with E-state index in [4.69, 9.17) is 21.2 Å². The zero-order chi connectivity index (χ0) is 20.2. The summed E-state index contributed by atoms with van der Waals surface area (Å²) in [5, 5.41) is 4.43. The zero-order valence-corrected chi connectivity index (χ0v) is 15.8. The number of halogens is 1. The van der Waals surface area contributed by atoms with Crippen LogP contribution in [0.4, 0.5) is 0 Å². The fourth-order valence-corrected chi connectivity index (χ4v) is 2.89. The van der Waals surface area contributed by atoms with Gasteiger partial charge in [-0.15, -0.1) is 0 Å². The first-order valence-corrected chi connectivity index (χ1v) is 9.12. The van der Waals surface area contributed by atoms with E-state index in [1.165, 1.54) is 0 Å². The minimum atomic E-state index is -0.512. The highest BCUT2D eigenvalue weighted by atomic mass is 35.5. The van der Waals surface area contributed by atoms with Crippen molar-refractivity contribution in [1.82, 2.24) is 0 Å². The number of hydrogen-bond acceptors (Lipinski definition) is 5. The third-order valence-electron chi connectivity index (χ3n) is 4.22. The average molecular weight is 404 g/mol. The molecule has 0 aromatic heterocycles. The van der Waals surface area contributed by atoms with Crippen LogP contribution in [-0.4, -0.2) is 17.7 Å². The molecular formula is C23H14ClNO4. The fraction of sp³-hybridized carbons (Fsp3) is 0. The minimum Gasteiger partial charge on any atom is -0.423 e. The number of carbonyl (C=O) groups excluding carboxylic acids is 2. The van der Waals surface area contributed by atoms with Crippen molar-refractivity contribution in [3.63, 3.8) is 0 Å². The van der Waals surface area contributed by atoms with E-state index < -0.39 is 11.9 Å². The van der Waals surface area contributed by atoms with Crippen molar-refractivity contribution < 1.29 is 19.2 Å². The molecular weight excluding hydrogens is 390 g/mol. The molecule has 5 nitrogen and oxygen atoms in total. The van der Waals surface area contributed by atoms with Gasteiger partial charge in [-0.1, -0.05) is 59.2 Å². The van der Waals surface area contributed by atoms with Gasteiger partial charge in [0.25, 0.3) is 0 Å². The third kappa shape index (κ3) is 4.25. The number of nitrogens with zero attached hydrogens (tertiary/aromatic N) is 1. The molecule has 6 heteroatoms. The standard InChI is InChI=1S/C23H14ClNO4/c24-18-10-8-17(9-11-18)22(26)28-19-12-6-15(7-13-19)14-20-21(25-29-23(20)27)16-4-2-1-3-5-16/h1-14H/b20-14-. The van der Waals surface area contributed by atoms with Crippen LogP contribution in [0.25, 0.3) is 6.08 Å². The Hall–Kier alpha value is -3.70. The van der Waals surface area contributed by atoms with Crippen molar-refractivity contribution in [2.75, 3.05) is 0 Å². The first-order chi connectivity index (χ1) is 14.1. The van der Waals surface area contributed by atoms with Gasteiger partial charge in [0.2, 0.25) is 0 Å². The van der Waals surface area contributed by atoms with Crippen LogP contribution in [0.2, 0.25) is 5.02 Å². The highest BCUT2D eigenvalue weighted by Gasteiger charge is 2.26. The largest absolute Gasteiger partial charge is 0.423 e. The molecule has 0 saturated carbocycles. The molecule has 0 radical (unpaired) electrons. The number of ether oxygens (including phenoxy) is 1. The second kappa shape index (κ2) is 8.12. The maximum Gasteiger partial charge on any atom is 0.368 e. The Morgan fingerprint density at radius 1 is 0.931 bits per heavy atom. The Balaban J connectivity index is 1.51. The van der Waals surface area contributed by atoms with Crippen molar-refractivity contribution in [3.05, 3.63) is 106 Å². The summed E-state index contributed by atoms with van der Waals surface area (Å²) in [6.07, 6.45) is 1.69. The Morgan fingerprint density at radius 3 is 2.31 bits per heavy atom. The van der Waals surface area contributed by atoms with Gasteiger partial charge in [-0.3, -0.25) is 0 Å². The fourth-order valence-electron chi connectivity index (χ4n) is 2.76. The molecule has 0 bridgehead atoms. The van der Waals surface area contributed by atoms with Crippen LogP contribution >= 0.6 is 11.6 Å². The smallest absolute Gasteiger partial charge is 0.368 e. The van der Waals surface area contributed by atoms with Crippen LogP contribution in [-0.2, 0) is 9.63 Å². The quantitative estimate of drug-likeness (QED) is 0.269. The average Bonchev–Trinajstić information content (AvgIpc) is 3.11. The topological polar surface area (TPSA) is 65.0 Å². The summed E-state index contributed by atoms with van der Waals surface area (Å²) in [5.41, 5.74) is 2.78. The SMILES string of the molecule is O=C1ON=C(c2ccccc2)/C1=C/c1ccc(OC(=O)c2ccc(Cl)cc2)cc1. The van der Waals surface area contributed by atoms with Crippen LogP contribution in [0.3, 0.4) is 0 Å². The number of oxime groups is 1. The van der Waals surface area contributed by atoms with E-state index in [1.807, 2.05) is 30.3 Å². The molecule has 1 aliphatic rings. The first kappa shape index (κ1) is 18.7. The molecule has 0 spiro atoms. The summed E-state index contributed by atoms with van der Waals surface area (Å²) in [4.78, 5) is 29.1. The Labute approximate surface area is 171 Å². The van der Waals surface area contributed by atoms with Crippen molar-refractivity contribution in [2.45, 2.75) is 0 Å². The van der Waals surface area contributed by atoms with Crippen LogP contribution < -0.4 is 4.74 Å². The predicted octanol–water partition coefficient (Wildman–Crippen LogP) is 4.90. The molecule has 0 N–H and O–H groups in total. The lowest BCUT2D eigenvalue weighted by Crippen LogP contribution is -2.08. The molecule has 4 rings (SSSR count). The lowest BCUT2D eigenvalue weighted by molar-refractivity contribution is -0.136. The monoisotopic (exact) mass is 403 g/mol. The van der Waals surface area contributed by atoms with Gasteiger partial charge in [0.15, 0.2) is 0 Å². The first-order valence-electron chi connectivity index (χ1n) is 8.75. The van der Waals surface area contributed by atoms with E-state index in [1.54, 1.807) is 54.6 Å². The minimum absolute atomic E-state index is 0.363. The van der Waals surface area contributed by atoms with Gasteiger partial charge in [0, 0.05) is 10.6 Å². The zero-order valence-electron chi connectivity index (χ0n) is 15.0. The molecule has 0 amide bonds. The van der Waals surface area contributed by atoms with Gasteiger partial charge in [-0.2, -0.15) is 0 Å².